The van der Waals surface area contributed by atoms with Crippen LogP contribution in [0.3, 0.4) is 0 Å². The molecule has 0 aromatic heterocycles. The minimum Gasteiger partial charge on any atom is -0.462 e. The molecule has 0 amide bonds. The van der Waals surface area contributed by atoms with Gasteiger partial charge in [0.15, 0.2) is 6.10 Å². The van der Waals surface area contributed by atoms with Gasteiger partial charge >= 0.3 is 19.8 Å². The van der Waals surface area contributed by atoms with Crippen molar-refractivity contribution in [3.8, 4) is 0 Å². The van der Waals surface area contributed by atoms with Gasteiger partial charge in [-0.1, -0.05) is 231 Å². The van der Waals surface area contributed by atoms with Gasteiger partial charge in [0.05, 0.1) is 13.2 Å². The van der Waals surface area contributed by atoms with E-state index in [1.54, 1.807) is 0 Å². The molecular weight excluding hydrogens is 906 g/mol. The van der Waals surface area contributed by atoms with E-state index < -0.39 is 32.5 Å². The Morgan fingerprint density at radius 3 is 1.14 bits per heavy atom. The Morgan fingerprint density at radius 2 is 0.761 bits per heavy atom. The van der Waals surface area contributed by atoms with Crippen LogP contribution in [0.15, 0.2) is 134 Å². The molecule has 0 aromatic rings. The minimum atomic E-state index is -4.41. The van der Waals surface area contributed by atoms with Crippen molar-refractivity contribution in [1.82, 2.24) is 0 Å². The van der Waals surface area contributed by atoms with Crippen LogP contribution in [0.5, 0.6) is 0 Å². The van der Waals surface area contributed by atoms with Crippen molar-refractivity contribution < 1.29 is 37.6 Å². The monoisotopic (exact) mass is 1010 g/mol. The average molecular weight is 1010 g/mol. The maximum absolute atomic E-state index is 12.6. The normalized spacial score (nSPS) is 14.1. The molecule has 0 saturated heterocycles. The maximum Gasteiger partial charge on any atom is 0.472 e. The minimum absolute atomic E-state index is 0.0355. The van der Waals surface area contributed by atoms with Gasteiger partial charge in [0.25, 0.3) is 0 Å². The number of phosphoric ester groups is 1. The molecule has 0 saturated carbocycles. The Morgan fingerprint density at radius 1 is 0.423 bits per heavy atom. The molecule has 0 fully saturated rings. The number of ether oxygens (including phenoxy) is 2. The smallest absolute Gasteiger partial charge is 0.462 e. The molecule has 0 aliphatic carbocycles. The molecule has 9 nitrogen and oxygen atoms in total. The highest BCUT2D eigenvalue weighted by atomic mass is 31.2. The van der Waals surface area contributed by atoms with Crippen LogP contribution < -0.4 is 5.73 Å². The molecule has 0 heterocycles. The van der Waals surface area contributed by atoms with E-state index in [4.69, 9.17) is 24.3 Å². The topological polar surface area (TPSA) is 134 Å². The van der Waals surface area contributed by atoms with E-state index >= 15 is 0 Å². The molecule has 0 rings (SSSR count). The lowest BCUT2D eigenvalue weighted by Gasteiger charge is -2.19. The van der Waals surface area contributed by atoms with Crippen LogP contribution in [0.1, 0.15) is 206 Å². The molecule has 0 radical (unpaired) electrons. The molecule has 0 bridgehead atoms. The van der Waals surface area contributed by atoms with E-state index in [0.29, 0.717) is 12.8 Å². The zero-order valence-corrected chi connectivity index (χ0v) is 45.5. The number of carbonyl (C=O) groups excluding carboxylic acids is 2. The molecular formula is C61H100NO8P. The van der Waals surface area contributed by atoms with Gasteiger partial charge in [-0.05, 0) is 96.3 Å². The Hall–Kier alpha value is -3.85. The third kappa shape index (κ3) is 55.3. The van der Waals surface area contributed by atoms with Crippen LogP contribution in [0, 0.1) is 0 Å². The SMILES string of the molecule is CC/C=C\C/C=C\C/C=C\C/C=C\C/C=C\C/C=C\CCC(=O)OC(COC(=O)CCCCCCCCCCCCCCCCC/C=C\C/C=C\C/C=C\C/C=C\C/C=C\CC)COP(=O)(O)OCCN. The number of esters is 2. The number of allylic oxidation sites excluding steroid dienone is 22. The van der Waals surface area contributed by atoms with Crippen molar-refractivity contribution in [1.29, 1.82) is 0 Å². The second-order valence-corrected chi connectivity index (χ2v) is 19.1. The van der Waals surface area contributed by atoms with E-state index in [-0.39, 0.29) is 32.6 Å². The van der Waals surface area contributed by atoms with Crippen LogP contribution in [0.4, 0.5) is 0 Å². The summed E-state index contributed by atoms with van der Waals surface area (Å²) in [4.78, 5) is 35.1. The summed E-state index contributed by atoms with van der Waals surface area (Å²) in [5.41, 5.74) is 5.37. The second-order valence-electron chi connectivity index (χ2n) is 17.7. The lowest BCUT2D eigenvalue weighted by molar-refractivity contribution is -0.161. The van der Waals surface area contributed by atoms with Crippen molar-refractivity contribution in [2.24, 2.45) is 5.73 Å². The molecule has 0 aromatic carbocycles. The first-order valence-electron chi connectivity index (χ1n) is 27.7. The highest BCUT2D eigenvalue weighted by Gasteiger charge is 2.26. The fourth-order valence-corrected chi connectivity index (χ4v) is 7.81. The van der Waals surface area contributed by atoms with E-state index in [1.165, 1.54) is 77.0 Å². The third-order valence-electron chi connectivity index (χ3n) is 11.0. The van der Waals surface area contributed by atoms with E-state index in [2.05, 4.69) is 135 Å². The number of unbranched alkanes of at least 4 members (excludes halogenated alkanes) is 15. The molecule has 2 atom stereocenters. The summed E-state index contributed by atoms with van der Waals surface area (Å²) in [6, 6.07) is 0. The molecule has 3 N–H and O–H groups in total. The number of rotatable bonds is 50. The van der Waals surface area contributed by atoms with Crippen LogP contribution >= 0.6 is 7.82 Å². The molecule has 0 spiro atoms. The quantitative estimate of drug-likeness (QED) is 0.0264. The largest absolute Gasteiger partial charge is 0.472 e. The molecule has 0 aliphatic heterocycles. The van der Waals surface area contributed by atoms with Crippen LogP contribution in [0.25, 0.3) is 0 Å². The van der Waals surface area contributed by atoms with Gasteiger partial charge in [-0.3, -0.25) is 18.6 Å². The molecule has 0 aliphatic rings. The number of nitrogens with two attached hydrogens (primary N) is 1. The first-order valence-corrected chi connectivity index (χ1v) is 29.2. The Labute approximate surface area is 434 Å². The number of hydrogen-bond donors (Lipinski definition) is 2. The van der Waals surface area contributed by atoms with Crippen LogP contribution in [-0.2, 0) is 32.7 Å². The fourth-order valence-electron chi connectivity index (χ4n) is 7.04. The molecule has 71 heavy (non-hydrogen) atoms. The predicted molar refractivity (Wildman–Crippen MR) is 302 cm³/mol. The number of carbonyl (C=O) groups is 2. The lowest BCUT2D eigenvalue weighted by Crippen LogP contribution is -2.29. The fraction of sp³-hybridized carbons (Fsp3) is 0.607. The third-order valence-corrected chi connectivity index (χ3v) is 12.0. The van der Waals surface area contributed by atoms with Gasteiger partial charge < -0.3 is 20.1 Å². The second kappa shape index (κ2) is 55.5. The highest BCUT2D eigenvalue weighted by molar-refractivity contribution is 7.47. The Kier molecular flexibility index (Phi) is 52.5. The van der Waals surface area contributed by atoms with E-state index in [9.17, 15) is 19.0 Å². The highest BCUT2D eigenvalue weighted by Crippen LogP contribution is 2.43. The van der Waals surface area contributed by atoms with Gasteiger partial charge in [0.2, 0.25) is 0 Å². The Bertz CT molecular complexity index is 1620. The summed E-state index contributed by atoms with van der Waals surface area (Å²) >= 11 is 0. The van der Waals surface area contributed by atoms with Gasteiger partial charge in [0.1, 0.15) is 6.61 Å². The lowest BCUT2D eigenvalue weighted by atomic mass is 10.0. The van der Waals surface area contributed by atoms with Crippen molar-refractivity contribution in [3.05, 3.63) is 134 Å². The summed E-state index contributed by atoms with van der Waals surface area (Å²) in [6.45, 7) is 3.41. The first kappa shape index (κ1) is 67.1. The first-order chi connectivity index (χ1) is 34.8. The summed E-state index contributed by atoms with van der Waals surface area (Å²) in [5.74, 6) is -0.934. The zero-order chi connectivity index (χ0) is 51.7. The number of phosphoric acid groups is 1. The van der Waals surface area contributed by atoms with Crippen LogP contribution in [-0.4, -0.2) is 49.3 Å². The number of hydrogen-bond acceptors (Lipinski definition) is 8. The Balaban J connectivity index is 4.05. The van der Waals surface area contributed by atoms with Crippen molar-refractivity contribution in [2.75, 3.05) is 26.4 Å². The van der Waals surface area contributed by atoms with Gasteiger partial charge in [0, 0.05) is 19.4 Å². The van der Waals surface area contributed by atoms with Gasteiger partial charge in [-0.15, -0.1) is 0 Å². The molecule has 10 heteroatoms. The van der Waals surface area contributed by atoms with Crippen molar-refractivity contribution >= 4 is 19.8 Å². The standard InChI is InChI=1S/C61H100NO8P/c1-3-5-7-9-11-13-15-17-19-21-23-24-25-26-27-28-29-30-31-32-33-34-36-37-39-41-43-45-47-49-51-53-60(63)67-57-59(58-69-71(65,66)68-56-55-62)70-61(64)54-52-50-48-46-44-42-40-38-35-22-20-18-16-14-12-10-8-6-4-2/h5-8,11-14,17-20,23-24,26-27,35,38,42,44,48,50,59H,3-4,9-10,15-16,21-22,25,28-34,36-37,39-41,43,45-47,49,51-58,62H2,1-2H3,(H,65,66)/b7-5-,8-6-,13-11-,14-12-,19-17-,20-18-,24-23-,27-26-,38-35-,44-42-,50-48-. The molecule has 402 valence electrons. The van der Waals surface area contributed by atoms with Crippen molar-refractivity contribution in [2.45, 2.75) is 213 Å². The average Bonchev–Trinajstić information content (AvgIpc) is 3.36. The van der Waals surface area contributed by atoms with Gasteiger partial charge in [-0.2, -0.15) is 0 Å². The van der Waals surface area contributed by atoms with E-state index in [1.807, 2.05) is 12.2 Å². The van der Waals surface area contributed by atoms with Crippen LogP contribution in [0.2, 0.25) is 0 Å². The summed E-state index contributed by atoms with van der Waals surface area (Å²) in [6.07, 6.45) is 78.1. The summed E-state index contributed by atoms with van der Waals surface area (Å²) in [7, 11) is -4.41. The predicted octanol–water partition coefficient (Wildman–Crippen LogP) is 17.4. The maximum atomic E-state index is 12.6. The van der Waals surface area contributed by atoms with Crippen molar-refractivity contribution in [3.63, 3.8) is 0 Å². The summed E-state index contributed by atoms with van der Waals surface area (Å²) in [5, 5.41) is 0. The summed E-state index contributed by atoms with van der Waals surface area (Å²) < 4.78 is 32.9. The van der Waals surface area contributed by atoms with Gasteiger partial charge in [-0.25, -0.2) is 4.57 Å². The van der Waals surface area contributed by atoms with E-state index in [0.717, 1.165) is 89.9 Å². The molecule has 2 unspecified atom stereocenters. The zero-order valence-electron chi connectivity index (χ0n) is 44.7.